The van der Waals surface area contributed by atoms with Gasteiger partial charge in [-0.2, -0.15) is 0 Å². The standard InChI is InChI=1S/C21H27BrN4O2S2/c1-13(2)15-6-7-17(16(22)12-15)26-20-18(30-21(26)29)19(23-14(3)24-20)25(8-10-27-4)9-11-28-5/h6-7,12-13H,8-11H2,1-5H3. The van der Waals surface area contributed by atoms with Crippen molar-refractivity contribution in [1.82, 2.24) is 14.5 Å². The maximum absolute atomic E-state index is 5.77. The summed E-state index contributed by atoms with van der Waals surface area (Å²) >= 11 is 11.0. The highest BCUT2D eigenvalue weighted by molar-refractivity contribution is 9.10. The highest BCUT2D eigenvalue weighted by Gasteiger charge is 2.20. The van der Waals surface area contributed by atoms with Gasteiger partial charge in [-0.3, -0.25) is 4.57 Å². The third kappa shape index (κ3) is 4.91. The summed E-state index contributed by atoms with van der Waals surface area (Å²) in [5.74, 6) is 2.03. The van der Waals surface area contributed by atoms with E-state index in [-0.39, 0.29) is 0 Å². The van der Waals surface area contributed by atoms with Crippen LogP contribution in [-0.2, 0) is 9.47 Å². The molecule has 0 unspecified atom stereocenters. The minimum atomic E-state index is 0.453. The number of halogens is 1. The number of methoxy groups -OCH3 is 2. The summed E-state index contributed by atoms with van der Waals surface area (Å²) in [6, 6.07) is 6.41. The third-order valence-corrected chi connectivity index (χ3v) is 6.83. The van der Waals surface area contributed by atoms with E-state index in [1.165, 1.54) is 16.9 Å². The Bertz CT molecular complexity index is 1070. The number of benzene rings is 1. The number of aromatic nitrogens is 3. The second kappa shape index (κ2) is 10.3. The zero-order valence-electron chi connectivity index (χ0n) is 17.9. The molecule has 162 valence electrons. The lowest BCUT2D eigenvalue weighted by molar-refractivity contribution is 0.190. The molecule has 0 fully saturated rings. The average Bonchev–Trinajstić information content (AvgIpc) is 3.03. The third-order valence-electron chi connectivity index (χ3n) is 4.83. The molecule has 3 rings (SSSR count). The second-order valence-corrected chi connectivity index (χ2v) is 9.79. The molecule has 0 atom stereocenters. The first kappa shape index (κ1) is 23.3. The monoisotopic (exact) mass is 510 g/mol. The molecule has 0 saturated heterocycles. The number of aryl methyl sites for hydroxylation is 1. The molecule has 0 bridgehead atoms. The van der Waals surface area contributed by atoms with Crippen LogP contribution in [0.25, 0.3) is 16.0 Å². The maximum Gasteiger partial charge on any atom is 0.168 e. The van der Waals surface area contributed by atoms with Crippen LogP contribution in [0.1, 0.15) is 31.2 Å². The van der Waals surface area contributed by atoms with Crippen molar-refractivity contribution in [3.05, 3.63) is 38.0 Å². The molecule has 30 heavy (non-hydrogen) atoms. The van der Waals surface area contributed by atoms with Crippen molar-refractivity contribution >= 4 is 55.6 Å². The Morgan fingerprint density at radius 1 is 1.17 bits per heavy atom. The van der Waals surface area contributed by atoms with Crippen molar-refractivity contribution in [3.8, 4) is 5.69 Å². The van der Waals surface area contributed by atoms with Crippen molar-refractivity contribution in [1.29, 1.82) is 0 Å². The van der Waals surface area contributed by atoms with Crippen LogP contribution >= 0.6 is 39.5 Å². The number of ether oxygens (including phenoxy) is 2. The lowest BCUT2D eigenvalue weighted by Gasteiger charge is -2.23. The number of anilines is 1. The van der Waals surface area contributed by atoms with Crippen molar-refractivity contribution in [2.24, 2.45) is 0 Å². The van der Waals surface area contributed by atoms with Gasteiger partial charge in [-0.25, -0.2) is 9.97 Å². The minimum Gasteiger partial charge on any atom is -0.383 e. The van der Waals surface area contributed by atoms with Crippen LogP contribution in [-0.4, -0.2) is 55.1 Å². The van der Waals surface area contributed by atoms with E-state index >= 15 is 0 Å². The largest absolute Gasteiger partial charge is 0.383 e. The van der Waals surface area contributed by atoms with E-state index < -0.39 is 0 Å². The molecule has 0 aliphatic heterocycles. The lowest BCUT2D eigenvalue weighted by Crippen LogP contribution is -2.31. The van der Waals surface area contributed by atoms with Gasteiger partial charge in [0.25, 0.3) is 0 Å². The number of nitrogens with zero attached hydrogens (tertiary/aromatic N) is 4. The number of rotatable bonds is 9. The fourth-order valence-electron chi connectivity index (χ4n) is 3.21. The van der Waals surface area contributed by atoms with E-state index in [0.717, 1.165) is 30.3 Å². The first-order chi connectivity index (χ1) is 14.4. The van der Waals surface area contributed by atoms with Crippen LogP contribution in [0.4, 0.5) is 5.82 Å². The quantitative estimate of drug-likeness (QED) is 0.354. The Kier molecular flexibility index (Phi) is 7.98. The van der Waals surface area contributed by atoms with Gasteiger partial charge in [-0.05, 0) is 58.7 Å². The van der Waals surface area contributed by atoms with Crippen LogP contribution in [0.2, 0.25) is 0 Å². The van der Waals surface area contributed by atoms with Gasteiger partial charge in [0.1, 0.15) is 10.5 Å². The van der Waals surface area contributed by atoms with Crippen molar-refractivity contribution < 1.29 is 9.47 Å². The molecular formula is C21H27BrN4O2S2. The Balaban J connectivity index is 2.18. The fraction of sp³-hybridized carbons (Fsp3) is 0.476. The van der Waals surface area contributed by atoms with E-state index in [4.69, 9.17) is 31.7 Å². The highest BCUT2D eigenvalue weighted by Crippen LogP contribution is 2.35. The van der Waals surface area contributed by atoms with E-state index in [0.29, 0.717) is 38.0 Å². The predicted molar refractivity (Wildman–Crippen MR) is 130 cm³/mol. The Hall–Kier alpha value is -1.39. The zero-order valence-corrected chi connectivity index (χ0v) is 21.2. The molecule has 0 saturated carbocycles. The highest BCUT2D eigenvalue weighted by atomic mass is 79.9. The van der Waals surface area contributed by atoms with Gasteiger partial charge in [0.2, 0.25) is 0 Å². The molecule has 0 spiro atoms. The summed E-state index contributed by atoms with van der Waals surface area (Å²) < 4.78 is 15.4. The molecule has 1 aromatic carbocycles. The molecule has 0 radical (unpaired) electrons. The van der Waals surface area contributed by atoms with Gasteiger partial charge >= 0.3 is 0 Å². The summed E-state index contributed by atoms with van der Waals surface area (Å²) in [7, 11) is 3.40. The molecule has 6 nitrogen and oxygen atoms in total. The van der Waals surface area contributed by atoms with Gasteiger partial charge < -0.3 is 14.4 Å². The molecule has 2 heterocycles. The van der Waals surface area contributed by atoms with Crippen LogP contribution in [0.3, 0.4) is 0 Å². The molecule has 3 aromatic rings. The second-order valence-electron chi connectivity index (χ2n) is 7.29. The average molecular weight is 512 g/mol. The van der Waals surface area contributed by atoms with E-state index in [1.54, 1.807) is 14.2 Å². The SMILES string of the molecule is COCCN(CCOC)c1nc(C)nc2c1sc(=S)n2-c1ccc(C(C)C)cc1Br. The summed E-state index contributed by atoms with van der Waals surface area (Å²) in [6.07, 6.45) is 0. The maximum atomic E-state index is 5.77. The van der Waals surface area contributed by atoms with Crippen LogP contribution in [0.15, 0.2) is 22.7 Å². The summed E-state index contributed by atoms with van der Waals surface area (Å²) in [6.45, 7) is 8.90. The van der Waals surface area contributed by atoms with E-state index in [1.807, 2.05) is 11.5 Å². The Morgan fingerprint density at radius 3 is 2.40 bits per heavy atom. The van der Waals surface area contributed by atoms with Crippen molar-refractivity contribution in [2.75, 3.05) is 45.4 Å². The molecule has 0 aliphatic carbocycles. The van der Waals surface area contributed by atoms with Crippen molar-refractivity contribution in [3.63, 3.8) is 0 Å². The predicted octanol–water partition coefficient (Wildman–Crippen LogP) is 5.51. The van der Waals surface area contributed by atoms with Crippen molar-refractivity contribution in [2.45, 2.75) is 26.7 Å². The van der Waals surface area contributed by atoms with E-state index in [9.17, 15) is 0 Å². The number of thiazole rings is 1. The topological polar surface area (TPSA) is 52.4 Å². The van der Waals surface area contributed by atoms with Gasteiger partial charge in [0.15, 0.2) is 15.4 Å². The van der Waals surface area contributed by atoms with E-state index in [2.05, 4.69) is 52.9 Å². The number of hydrogen-bond donors (Lipinski definition) is 0. The van der Waals surface area contributed by atoms with Gasteiger partial charge in [-0.1, -0.05) is 31.3 Å². The lowest BCUT2D eigenvalue weighted by atomic mass is 10.0. The number of fused-ring (bicyclic) bond motifs is 1. The molecular weight excluding hydrogens is 484 g/mol. The summed E-state index contributed by atoms with van der Waals surface area (Å²) in [5.41, 5.74) is 3.08. The smallest absolute Gasteiger partial charge is 0.168 e. The Morgan fingerprint density at radius 2 is 1.83 bits per heavy atom. The molecule has 0 aliphatic rings. The van der Waals surface area contributed by atoms with Gasteiger partial charge in [0, 0.05) is 31.8 Å². The normalized spacial score (nSPS) is 11.6. The Labute approximate surface area is 195 Å². The molecule has 0 N–H and O–H groups in total. The van der Waals surface area contributed by atoms with Gasteiger partial charge in [0.05, 0.1) is 18.9 Å². The first-order valence-corrected chi connectivity index (χ1v) is 11.8. The summed E-state index contributed by atoms with van der Waals surface area (Å²) in [4.78, 5) is 11.7. The first-order valence-electron chi connectivity index (χ1n) is 9.80. The fourth-order valence-corrected chi connectivity index (χ4v) is 5.17. The molecule has 2 aromatic heterocycles. The van der Waals surface area contributed by atoms with Gasteiger partial charge in [-0.15, -0.1) is 0 Å². The zero-order chi connectivity index (χ0) is 21.8. The molecule has 9 heteroatoms. The molecule has 0 amide bonds. The number of hydrogen-bond acceptors (Lipinski definition) is 7. The van der Waals surface area contributed by atoms with Crippen LogP contribution < -0.4 is 4.90 Å². The van der Waals surface area contributed by atoms with Crippen LogP contribution in [0.5, 0.6) is 0 Å². The summed E-state index contributed by atoms with van der Waals surface area (Å²) in [5, 5.41) is 0. The minimum absolute atomic E-state index is 0.453. The van der Waals surface area contributed by atoms with Crippen LogP contribution in [0, 0.1) is 10.9 Å².